The first-order valence-electron chi connectivity index (χ1n) is 12.0. The topological polar surface area (TPSA) is 85.7 Å². The second-order valence-corrected chi connectivity index (χ2v) is 10.0. The monoisotopic (exact) mass is 498 g/mol. The molecule has 2 saturated heterocycles. The molecule has 5 rings (SSSR count). The van der Waals surface area contributed by atoms with E-state index >= 15 is 0 Å². The molecular weight excluding hydrogens is 468 g/mol. The second kappa shape index (κ2) is 8.99. The molecule has 1 spiro atoms. The first-order chi connectivity index (χ1) is 16.9. The van der Waals surface area contributed by atoms with Gasteiger partial charge in [0.1, 0.15) is 5.54 Å². The molecule has 35 heavy (non-hydrogen) atoms. The summed E-state index contributed by atoms with van der Waals surface area (Å²) in [5.74, 6) is -0.0673. The van der Waals surface area contributed by atoms with Gasteiger partial charge in [0.15, 0.2) is 5.78 Å². The standard InChI is InChI=1S/C26H31ClN4O4/c1-5-15-13-31-10-9-26(21(31)11-17(15)18(14-34-3)24(33)35-4)23(32)22-16(7-6-8-19(22)29-26)20-12-28-25(27)30(20)2/h6-8,12,14-15,17,21,29H,5,9-11,13H2,1-4H3/b18-14+/t15-,17+,21+,26+/m1/s1. The van der Waals surface area contributed by atoms with Crippen molar-refractivity contribution in [3.63, 3.8) is 0 Å². The summed E-state index contributed by atoms with van der Waals surface area (Å²) in [4.78, 5) is 33.5. The summed E-state index contributed by atoms with van der Waals surface area (Å²) < 4.78 is 12.1. The van der Waals surface area contributed by atoms with Crippen molar-refractivity contribution in [3.05, 3.63) is 47.1 Å². The van der Waals surface area contributed by atoms with Gasteiger partial charge in [-0.2, -0.15) is 0 Å². The van der Waals surface area contributed by atoms with Gasteiger partial charge in [0.25, 0.3) is 0 Å². The lowest BCUT2D eigenvalue weighted by Gasteiger charge is -2.45. The fourth-order valence-corrected chi connectivity index (χ4v) is 6.53. The summed E-state index contributed by atoms with van der Waals surface area (Å²) in [7, 11) is 4.78. The third-order valence-electron chi connectivity index (χ3n) is 8.17. The molecule has 1 aromatic heterocycles. The van der Waals surface area contributed by atoms with Crippen LogP contribution in [0.15, 0.2) is 36.2 Å². The van der Waals surface area contributed by atoms with Crippen LogP contribution in [0.25, 0.3) is 11.3 Å². The van der Waals surface area contributed by atoms with Crippen molar-refractivity contribution in [1.29, 1.82) is 0 Å². The molecular formula is C26H31ClN4O4. The van der Waals surface area contributed by atoms with Crippen LogP contribution in [-0.2, 0) is 21.3 Å². The Labute approximate surface area is 210 Å². The van der Waals surface area contributed by atoms with E-state index in [1.165, 1.54) is 13.4 Å². The largest absolute Gasteiger partial charge is 0.504 e. The number of carbonyl (C=O) groups is 2. The molecule has 3 aliphatic heterocycles. The van der Waals surface area contributed by atoms with Crippen molar-refractivity contribution in [3.8, 4) is 11.3 Å². The fourth-order valence-electron chi connectivity index (χ4n) is 6.39. The van der Waals surface area contributed by atoms with Crippen molar-refractivity contribution in [2.45, 2.75) is 37.8 Å². The average Bonchev–Trinajstić information content (AvgIpc) is 3.50. The van der Waals surface area contributed by atoms with E-state index in [-0.39, 0.29) is 29.6 Å². The lowest BCUT2D eigenvalue weighted by molar-refractivity contribution is -0.137. The van der Waals surface area contributed by atoms with Crippen LogP contribution in [0.4, 0.5) is 5.69 Å². The molecule has 3 aliphatic rings. The lowest BCUT2D eigenvalue weighted by atomic mass is 9.71. The number of ether oxygens (including phenoxy) is 2. The summed E-state index contributed by atoms with van der Waals surface area (Å²) in [5, 5.41) is 4.02. The van der Waals surface area contributed by atoms with Crippen LogP contribution in [0, 0.1) is 11.8 Å². The molecule has 0 saturated carbocycles. The lowest BCUT2D eigenvalue weighted by Crippen LogP contribution is -2.57. The molecule has 4 heterocycles. The number of Topliss-reactive ketones (excluding diaryl/α,β-unsaturated/α-hetero) is 1. The molecule has 1 aromatic carbocycles. The molecule has 0 aliphatic carbocycles. The van der Waals surface area contributed by atoms with Crippen LogP contribution in [0.5, 0.6) is 0 Å². The maximum atomic E-state index is 14.2. The number of esters is 1. The second-order valence-electron chi connectivity index (χ2n) is 9.70. The molecule has 9 heteroatoms. The number of carbonyl (C=O) groups excluding carboxylic acids is 2. The summed E-state index contributed by atoms with van der Waals surface area (Å²) in [5.41, 5.74) is 2.94. The van der Waals surface area contributed by atoms with Crippen molar-refractivity contribution in [2.75, 3.05) is 32.6 Å². The normalized spacial score (nSPS) is 28.1. The Bertz CT molecular complexity index is 1210. The van der Waals surface area contributed by atoms with Gasteiger partial charge in [-0.15, -0.1) is 0 Å². The number of aromatic nitrogens is 2. The SMILES string of the molecule is CC[C@@H]1CN2CC[C@]3(Nc4cccc(-c5cnc(Cl)n5C)c4C3=O)[C@@H]2C[C@@H]1/C(=C\OC)C(=O)OC. The Morgan fingerprint density at radius 1 is 1.37 bits per heavy atom. The number of hydrogen-bond acceptors (Lipinski definition) is 7. The summed E-state index contributed by atoms with van der Waals surface area (Å²) >= 11 is 6.21. The molecule has 1 N–H and O–H groups in total. The minimum Gasteiger partial charge on any atom is -0.504 e. The van der Waals surface area contributed by atoms with E-state index in [1.54, 1.807) is 17.9 Å². The predicted molar refractivity (Wildman–Crippen MR) is 133 cm³/mol. The zero-order valence-corrected chi connectivity index (χ0v) is 21.3. The Balaban J connectivity index is 1.54. The van der Waals surface area contributed by atoms with Crippen molar-refractivity contribution in [2.24, 2.45) is 18.9 Å². The zero-order valence-electron chi connectivity index (χ0n) is 20.5. The van der Waals surface area contributed by atoms with E-state index in [1.807, 2.05) is 25.2 Å². The smallest absolute Gasteiger partial charge is 0.337 e. The zero-order chi connectivity index (χ0) is 24.9. The van der Waals surface area contributed by atoms with Crippen LogP contribution in [0.1, 0.15) is 36.5 Å². The number of halogens is 1. The maximum Gasteiger partial charge on any atom is 0.337 e. The van der Waals surface area contributed by atoms with E-state index in [0.29, 0.717) is 29.3 Å². The van der Waals surface area contributed by atoms with Gasteiger partial charge in [0.2, 0.25) is 5.28 Å². The molecule has 0 radical (unpaired) electrons. The molecule has 0 bridgehead atoms. The fraction of sp³-hybridized carbons (Fsp3) is 0.500. The van der Waals surface area contributed by atoms with Gasteiger partial charge in [-0.3, -0.25) is 9.69 Å². The summed E-state index contributed by atoms with van der Waals surface area (Å²) in [6.07, 6.45) is 5.52. The molecule has 4 atom stereocenters. The number of ketones is 1. The van der Waals surface area contributed by atoms with Gasteiger partial charge < -0.3 is 19.4 Å². The number of nitrogens with zero attached hydrogens (tertiary/aromatic N) is 3. The van der Waals surface area contributed by atoms with E-state index in [2.05, 4.69) is 22.1 Å². The minimum absolute atomic E-state index is 0.0527. The van der Waals surface area contributed by atoms with E-state index in [4.69, 9.17) is 21.1 Å². The Kier molecular flexibility index (Phi) is 6.13. The molecule has 0 unspecified atom stereocenters. The van der Waals surface area contributed by atoms with Crippen LogP contribution in [-0.4, -0.2) is 65.1 Å². The predicted octanol–water partition coefficient (Wildman–Crippen LogP) is 3.91. The summed E-state index contributed by atoms with van der Waals surface area (Å²) in [6.45, 7) is 3.79. The first-order valence-corrected chi connectivity index (χ1v) is 12.4. The van der Waals surface area contributed by atoms with Gasteiger partial charge >= 0.3 is 5.97 Å². The highest BCUT2D eigenvalue weighted by Gasteiger charge is 2.59. The number of fused-ring (bicyclic) bond motifs is 3. The third-order valence-corrected chi connectivity index (χ3v) is 8.52. The number of benzene rings is 1. The number of anilines is 1. The Hall–Kier alpha value is -2.84. The molecule has 8 nitrogen and oxygen atoms in total. The first kappa shape index (κ1) is 23.9. The Morgan fingerprint density at radius 2 is 2.17 bits per heavy atom. The molecule has 186 valence electrons. The minimum atomic E-state index is -0.744. The molecule has 0 amide bonds. The van der Waals surface area contributed by atoms with Crippen molar-refractivity contribution in [1.82, 2.24) is 14.5 Å². The van der Waals surface area contributed by atoms with Crippen LogP contribution < -0.4 is 5.32 Å². The van der Waals surface area contributed by atoms with Crippen LogP contribution in [0.2, 0.25) is 5.28 Å². The highest BCUT2D eigenvalue weighted by Crippen LogP contribution is 2.50. The third kappa shape index (κ3) is 3.57. The number of hydrogen-bond donors (Lipinski definition) is 1. The van der Waals surface area contributed by atoms with Crippen LogP contribution >= 0.6 is 11.6 Å². The Morgan fingerprint density at radius 3 is 2.83 bits per heavy atom. The van der Waals surface area contributed by atoms with Gasteiger partial charge in [-0.05, 0) is 42.3 Å². The van der Waals surface area contributed by atoms with Gasteiger partial charge in [-0.25, -0.2) is 9.78 Å². The maximum absolute atomic E-state index is 14.2. The number of imidazole rings is 1. The molecule has 2 fully saturated rings. The summed E-state index contributed by atoms with van der Waals surface area (Å²) in [6, 6.07) is 5.81. The number of piperidine rings is 1. The van der Waals surface area contributed by atoms with Crippen LogP contribution in [0.3, 0.4) is 0 Å². The van der Waals surface area contributed by atoms with E-state index in [9.17, 15) is 9.59 Å². The van der Waals surface area contributed by atoms with Gasteiger partial charge in [-0.1, -0.05) is 25.5 Å². The van der Waals surface area contributed by atoms with Gasteiger partial charge in [0.05, 0.1) is 43.5 Å². The van der Waals surface area contributed by atoms with Gasteiger partial charge in [0, 0.05) is 37.4 Å². The highest BCUT2D eigenvalue weighted by atomic mass is 35.5. The number of methoxy groups -OCH3 is 2. The highest BCUT2D eigenvalue weighted by molar-refractivity contribution is 6.28. The molecule has 2 aromatic rings. The van der Waals surface area contributed by atoms with E-state index < -0.39 is 5.54 Å². The quantitative estimate of drug-likeness (QED) is 0.380. The number of nitrogens with one attached hydrogen (secondary N) is 1. The number of rotatable bonds is 5. The van der Waals surface area contributed by atoms with E-state index in [0.717, 1.165) is 36.5 Å². The van der Waals surface area contributed by atoms with Crippen molar-refractivity contribution < 1.29 is 19.1 Å². The van der Waals surface area contributed by atoms with Crippen molar-refractivity contribution >= 4 is 29.0 Å². The average molecular weight is 499 g/mol.